The van der Waals surface area contributed by atoms with Gasteiger partial charge in [0.15, 0.2) is 0 Å². The van der Waals surface area contributed by atoms with Crippen LogP contribution in [0.25, 0.3) is 0 Å². The van der Waals surface area contributed by atoms with Crippen LogP contribution in [0.4, 0.5) is 0 Å². The Hall–Kier alpha value is -1.02. The van der Waals surface area contributed by atoms with E-state index in [4.69, 9.17) is 10.5 Å². The van der Waals surface area contributed by atoms with Crippen LogP contribution in [0.5, 0.6) is 5.75 Å². The Balaban J connectivity index is 2.46. The van der Waals surface area contributed by atoms with Gasteiger partial charge in [0.2, 0.25) is 0 Å². The summed E-state index contributed by atoms with van der Waals surface area (Å²) in [6.07, 6.45) is 4.44. The van der Waals surface area contributed by atoms with Crippen molar-refractivity contribution in [1.29, 1.82) is 0 Å². The Bertz CT molecular complexity index is 351. The van der Waals surface area contributed by atoms with Gasteiger partial charge in [-0.05, 0) is 42.4 Å². The average Bonchev–Trinajstić information content (AvgIpc) is 2.36. The minimum Gasteiger partial charge on any atom is -0.494 e. The molecular formula is C17H29NO. The van der Waals surface area contributed by atoms with E-state index in [0.29, 0.717) is 5.41 Å². The lowest BCUT2D eigenvalue weighted by atomic mass is 9.87. The van der Waals surface area contributed by atoms with Gasteiger partial charge in [0, 0.05) is 6.04 Å². The molecule has 0 aromatic heterocycles. The number of ether oxygens (including phenoxy) is 1. The van der Waals surface area contributed by atoms with Crippen LogP contribution in [0.3, 0.4) is 0 Å². The first-order chi connectivity index (χ1) is 8.92. The molecule has 1 aromatic carbocycles. The Morgan fingerprint density at radius 2 is 1.79 bits per heavy atom. The van der Waals surface area contributed by atoms with Crippen molar-refractivity contribution in [3.05, 3.63) is 29.8 Å². The fourth-order valence-electron chi connectivity index (χ4n) is 1.90. The molecule has 0 saturated heterocycles. The molecule has 0 radical (unpaired) electrons. The molecule has 0 saturated carbocycles. The predicted molar refractivity (Wildman–Crippen MR) is 82.5 cm³/mol. The lowest BCUT2D eigenvalue weighted by Crippen LogP contribution is -2.14. The molecule has 0 fully saturated rings. The largest absolute Gasteiger partial charge is 0.494 e. The van der Waals surface area contributed by atoms with Crippen molar-refractivity contribution in [1.82, 2.24) is 0 Å². The molecular weight excluding hydrogens is 234 g/mol. The summed E-state index contributed by atoms with van der Waals surface area (Å²) in [7, 11) is 0. The van der Waals surface area contributed by atoms with Gasteiger partial charge in [-0.1, -0.05) is 46.2 Å². The van der Waals surface area contributed by atoms with E-state index in [-0.39, 0.29) is 6.04 Å². The summed E-state index contributed by atoms with van der Waals surface area (Å²) in [5.74, 6) is 0.945. The molecule has 2 nitrogen and oxygen atoms in total. The summed E-state index contributed by atoms with van der Waals surface area (Å²) in [4.78, 5) is 0. The second-order valence-electron chi connectivity index (χ2n) is 6.48. The summed E-state index contributed by atoms with van der Waals surface area (Å²) in [6, 6.07) is 8.37. The maximum atomic E-state index is 6.23. The predicted octanol–water partition coefficient (Wildman–Crippen LogP) is 4.69. The van der Waals surface area contributed by atoms with E-state index in [1.165, 1.54) is 5.56 Å². The fraction of sp³-hybridized carbons (Fsp3) is 0.647. The topological polar surface area (TPSA) is 35.2 Å². The third-order valence-corrected chi connectivity index (χ3v) is 3.28. The molecule has 0 heterocycles. The van der Waals surface area contributed by atoms with E-state index < -0.39 is 0 Å². The van der Waals surface area contributed by atoms with Gasteiger partial charge in [0.25, 0.3) is 0 Å². The van der Waals surface area contributed by atoms with E-state index in [1.807, 2.05) is 12.1 Å². The first-order valence-electron chi connectivity index (χ1n) is 7.41. The van der Waals surface area contributed by atoms with Crippen molar-refractivity contribution in [2.45, 2.75) is 59.4 Å². The molecule has 2 N–H and O–H groups in total. The normalized spacial score (nSPS) is 13.3. The summed E-state index contributed by atoms with van der Waals surface area (Å²) in [5.41, 5.74) is 7.78. The maximum absolute atomic E-state index is 6.23. The number of rotatable bonds is 7. The second kappa shape index (κ2) is 7.54. The number of hydrogen-bond acceptors (Lipinski definition) is 2. The van der Waals surface area contributed by atoms with Gasteiger partial charge >= 0.3 is 0 Å². The number of unbranched alkanes of at least 4 members (excludes halogenated alkanes) is 1. The van der Waals surface area contributed by atoms with E-state index in [1.54, 1.807) is 0 Å². The van der Waals surface area contributed by atoms with Gasteiger partial charge in [-0.3, -0.25) is 0 Å². The minimum absolute atomic E-state index is 0.129. The zero-order valence-electron chi connectivity index (χ0n) is 12.9. The molecule has 1 aromatic rings. The first kappa shape index (κ1) is 16.0. The smallest absolute Gasteiger partial charge is 0.119 e. The van der Waals surface area contributed by atoms with Crippen LogP contribution in [0, 0.1) is 5.41 Å². The van der Waals surface area contributed by atoms with Gasteiger partial charge in [0.1, 0.15) is 5.75 Å². The second-order valence-corrected chi connectivity index (χ2v) is 6.48. The summed E-state index contributed by atoms with van der Waals surface area (Å²) >= 11 is 0. The van der Waals surface area contributed by atoms with Crippen molar-refractivity contribution in [3.63, 3.8) is 0 Å². The first-order valence-corrected chi connectivity index (χ1v) is 7.41. The highest BCUT2D eigenvalue weighted by molar-refractivity contribution is 5.29. The highest BCUT2D eigenvalue weighted by Crippen LogP contribution is 2.26. The van der Waals surface area contributed by atoms with E-state index in [9.17, 15) is 0 Å². The van der Waals surface area contributed by atoms with Gasteiger partial charge in [0.05, 0.1) is 6.61 Å². The van der Waals surface area contributed by atoms with E-state index >= 15 is 0 Å². The number of hydrogen-bond donors (Lipinski definition) is 1. The van der Waals surface area contributed by atoms with Crippen LogP contribution in [0.2, 0.25) is 0 Å². The molecule has 0 spiro atoms. The molecule has 1 atom stereocenters. The maximum Gasteiger partial charge on any atom is 0.119 e. The molecule has 0 bridgehead atoms. The van der Waals surface area contributed by atoms with E-state index in [0.717, 1.165) is 38.0 Å². The van der Waals surface area contributed by atoms with Crippen molar-refractivity contribution < 1.29 is 4.74 Å². The highest BCUT2D eigenvalue weighted by atomic mass is 16.5. The fourth-order valence-corrected chi connectivity index (χ4v) is 1.90. The van der Waals surface area contributed by atoms with Crippen molar-refractivity contribution in [2.24, 2.45) is 11.1 Å². The monoisotopic (exact) mass is 263 g/mol. The Kier molecular flexibility index (Phi) is 6.36. The van der Waals surface area contributed by atoms with Gasteiger partial charge in [-0.25, -0.2) is 0 Å². The lowest BCUT2D eigenvalue weighted by molar-refractivity contribution is 0.309. The Morgan fingerprint density at radius 3 is 2.32 bits per heavy atom. The van der Waals surface area contributed by atoms with E-state index in [2.05, 4.69) is 39.8 Å². The average molecular weight is 263 g/mol. The summed E-state index contributed by atoms with van der Waals surface area (Å²) < 4.78 is 5.65. The van der Waals surface area contributed by atoms with Gasteiger partial charge < -0.3 is 10.5 Å². The standard InChI is InChI=1S/C17H29NO/c1-5-6-13-19-15-9-7-14(8-10-15)16(18)11-12-17(2,3)4/h7-10,16H,5-6,11-13,18H2,1-4H3. The third-order valence-electron chi connectivity index (χ3n) is 3.28. The molecule has 1 rings (SSSR count). The van der Waals surface area contributed by atoms with Crippen LogP contribution in [-0.4, -0.2) is 6.61 Å². The Morgan fingerprint density at radius 1 is 1.16 bits per heavy atom. The van der Waals surface area contributed by atoms with Crippen LogP contribution >= 0.6 is 0 Å². The molecule has 2 heteroatoms. The lowest BCUT2D eigenvalue weighted by Gasteiger charge is -2.21. The minimum atomic E-state index is 0.129. The zero-order valence-corrected chi connectivity index (χ0v) is 12.9. The molecule has 0 aliphatic carbocycles. The SMILES string of the molecule is CCCCOc1ccc(C(N)CCC(C)(C)C)cc1. The molecule has 108 valence electrons. The molecule has 19 heavy (non-hydrogen) atoms. The van der Waals surface area contributed by atoms with Gasteiger partial charge in [-0.15, -0.1) is 0 Å². The number of nitrogens with two attached hydrogens (primary N) is 1. The van der Waals surface area contributed by atoms with Crippen LogP contribution in [0.1, 0.15) is 65.0 Å². The number of benzene rings is 1. The van der Waals surface area contributed by atoms with Crippen molar-refractivity contribution >= 4 is 0 Å². The van der Waals surface area contributed by atoms with Crippen molar-refractivity contribution in [3.8, 4) is 5.75 Å². The molecule has 0 amide bonds. The summed E-state index contributed by atoms with van der Waals surface area (Å²) in [5, 5.41) is 0. The zero-order chi connectivity index (χ0) is 14.3. The van der Waals surface area contributed by atoms with Gasteiger partial charge in [-0.2, -0.15) is 0 Å². The third kappa shape index (κ3) is 6.63. The summed E-state index contributed by atoms with van der Waals surface area (Å²) in [6.45, 7) is 9.73. The van der Waals surface area contributed by atoms with Crippen LogP contribution < -0.4 is 10.5 Å². The van der Waals surface area contributed by atoms with Crippen LogP contribution in [0.15, 0.2) is 24.3 Å². The molecule has 1 unspecified atom stereocenters. The van der Waals surface area contributed by atoms with Crippen molar-refractivity contribution in [2.75, 3.05) is 6.61 Å². The quantitative estimate of drug-likeness (QED) is 0.724. The molecule has 0 aliphatic heterocycles. The highest BCUT2D eigenvalue weighted by Gasteiger charge is 2.13. The van der Waals surface area contributed by atoms with Crippen LogP contribution in [-0.2, 0) is 0 Å². The Labute approximate surface area is 118 Å². The molecule has 0 aliphatic rings.